The van der Waals surface area contributed by atoms with Gasteiger partial charge in [0.1, 0.15) is 0 Å². The maximum atomic E-state index is 5.76. The SMILES string of the molecule is CCC[Si](OC(C)S)(OC(C)S)OC(C)S. The summed E-state index contributed by atoms with van der Waals surface area (Å²) in [6.45, 7) is 7.60. The summed E-state index contributed by atoms with van der Waals surface area (Å²) < 4.78 is 17.3. The molecule has 0 aliphatic carbocycles. The number of hydrogen-bond acceptors (Lipinski definition) is 6. The van der Waals surface area contributed by atoms with E-state index in [2.05, 4.69) is 44.8 Å². The van der Waals surface area contributed by atoms with Crippen molar-refractivity contribution in [2.45, 2.75) is 56.5 Å². The monoisotopic (exact) mass is 302 g/mol. The van der Waals surface area contributed by atoms with E-state index in [1.807, 2.05) is 20.8 Å². The minimum atomic E-state index is -2.71. The Morgan fingerprint density at radius 1 is 0.875 bits per heavy atom. The van der Waals surface area contributed by atoms with Gasteiger partial charge in [-0.2, -0.15) is 0 Å². The average molecular weight is 303 g/mol. The van der Waals surface area contributed by atoms with Crippen LogP contribution in [0, 0.1) is 0 Å². The highest BCUT2D eigenvalue weighted by Gasteiger charge is 2.43. The van der Waals surface area contributed by atoms with Crippen LogP contribution in [0.25, 0.3) is 0 Å². The molecule has 0 spiro atoms. The van der Waals surface area contributed by atoms with Crippen LogP contribution in [0.15, 0.2) is 0 Å². The molecule has 3 unspecified atom stereocenters. The van der Waals surface area contributed by atoms with Crippen LogP contribution in [0.2, 0.25) is 6.04 Å². The molecule has 0 aromatic rings. The van der Waals surface area contributed by atoms with E-state index < -0.39 is 8.80 Å². The molecule has 0 bridgehead atoms. The standard InChI is InChI=1S/C9H22O3S3Si/c1-5-6-16(10-7(2)13,11-8(3)14)12-9(4)15/h7-9,13-15H,5-6H2,1-4H3. The van der Waals surface area contributed by atoms with Gasteiger partial charge in [0.2, 0.25) is 0 Å². The summed E-state index contributed by atoms with van der Waals surface area (Å²) in [5.74, 6) is 0. The van der Waals surface area contributed by atoms with Gasteiger partial charge in [0.25, 0.3) is 0 Å². The van der Waals surface area contributed by atoms with Crippen molar-refractivity contribution in [3.05, 3.63) is 0 Å². The fourth-order valence-electron chi connectivity index (χ4n) is 1.35. The van der Waals surface area contributed by atoms with Gasteiger partial charge in [-0.05, 0) is 20.8 Å². The van der Waals surface area contributed by atoms with Gasteiger partial charge < -0.3 is 13.3 Å². The molecule has 0 heterocycles. The van der Waals surface area contributed by atoms with E-state index >= 15 is 0 Å². The van der Waals surface area contributed by atoms with Gasteiger partial charge in [0.15, 0.2) is 0 Å². The third kappa shape index (κ3) is 7.47. The summed E-state index contributed by atoms with van der Waals surface area (Å²) in [7, 11) is -2.71. The van der Waals surface area contributed by atoms with Crippen molar-refractivity contribution >= 4 is 46.7 Å². The van der Waals surface area contributed by atoms with Gasteiger partial charge in [-0.3, -0.25) is 0 Å². The predicted molar refractivity (Wildman–Crippen MR) is 79.5 cm³/mol. The largest absolute Gasteiger partial charge is 0.503 e. The van der Waals surface area contributed by atoms with Crippen molar-refractivity contribution < 1.29 is 13.3 Å². The first-order valence-electron chi connectivity index (χ1n) is 5.39. The van der Waals surface area contributed by atoms with E-state index in [1.54, 1.807) is 0 Å². The zero-order valence-electron chi connectivity index (χ0n) is 10.2. The lowest BCUT2D eigenvalue weighted by molar-refractivity contribution is 0.0483. The first-order chi connectivity index (χ1) is 7.31. The van der Waals surface area contributed by atoms with Crippen LogP contribution in [0.1, 0.15) is 34.1 Å². The Bertz CT molecular complexity index is 164. The third-order valence-electron chi connectivity index (χ3n) is 1.61. The van der Waals surface area contributed by atoms with Crippen LogP contribution in [-0.2, 0) is 13.3 Å². The van der Waals surface area contributed by atoms with E-state index in [0.29, 0.717) is 0 Å². The van der Waals surface area contributed by atoms with Gasteiger partial charge in [0.05, 0.1) is 16.3 Å². The summed E-state index contributed by atoms with van der Waals surface area (Å²) in [5, 5.41) is 0. The molecule has 0 aliphatic rings. The number of hydrogen-bond donors (Lipinski definition) is 3. The Morgan fingerprint density at radius 2 is 1.19 bits per heavy atom. The lowest BCUT2D eigenvalue weighted by Crippen LogP contribution is -2.49. The second kappa shape index (κ2) is 8.28. The van der Waals surface area contributed by atoms with Crippen molar-refractivity contribution in [1.29, 1.82) is 0 Å². The molecule has 3 atom stereocenters. The maximum Gasteiger partial charge on any atom is 0.503 e. The summed E-state index contributed by atoms with van der Waals surface area (Å²) in [6.07, 6.45) is 0.924. The third-order valence-corrected chi connectivity index (χ3v) is 5.77. The molecule has 0 saturated heterocycles. The van der Waals surface area contributed by atoms with Crippen molar-refractivity contribution in [2.24, 2.45) is 0 Å². The van der Waals surface area contributed by atoms with Crippen LogP contribution < -0.4 is 0 Å². The molecule has 0 radical (unpaired) electrons. The molecule has 0 N–H and O–H groups in total. The average Bonchev–Trinajstić information content (AvgIpc) is 1.98. The molecule has 0 fully saturated rings. The highest BCUT2D eigenvalue weighted by molar-refractivity contribution is 7.81. The Hall–Kier alpha value is 1.15. The highest BCUT2D eigenvalue weighted by Crippen LogP contribution is 2.25. The van der Waals surface area contributed by atoms with E-state index in [9.17, 15) is 0 Å². The molecule has 0 aromatic carbocycles. The Labute approximate surface area is 116 Å². The lowest BCUT2D eigenvalue weighted by Gasteiger charge is -2.33. The fraction of sp³-hybridized carbons (Fsp3) is 1.00. The van der Waals surface area contributed by atoms with Crippen molar-refractivity contribution in [3.63, 3.8) is 0 Å². The highest BCUT2D eigenvalue weighted by atomic mass is 32.1. The molecule has 0 aliphatic heterocycles. The number of thiol groups is 3. The molecule has 98 valence electrons. The lowest BCUT2D eigenvalue weighted by atomic mass is 10.6. The summed E-state index contributed by atoms with van der Waals surface area (Å²) >= 11 is 12.7. The zero-order chi connectivity index (χ0) is 12.8. The molecule has 0 saturated carbocycles. The normalized spacial score (nSPS) is 21.2. The quantitative estimate of drug-likeness (QED) is 0.365. The van der Waals surface area contributed by atoms with Gasteiger partial charge in [-0.25, -0.2) is 0 Å². The van der Waals surface area contributed by atoms with Gasteiger partial charge in [-0.1, -0.05) is 13.3 Å². The van der Waals surface area contributed by atoms with Gasteiger partial charge in [-0.15, -0.1) is 37.9 Å². The molecule has 0 aromatic heterocycles. The molecular weight excluding hydrogens is 280 g/mol. The molecule has 3 nitrogen and oxygen atoms in total. The molecular formula is C9H22O3S3Si. The molecule has 7 heteroatoms. The van der Waals surface area contributed by atoms with Crippen LogP contribution in [0.5, 0.6) is 0 Å². The van der Waals surface area contributed by atoms with E-state index in [0.717, 1.165) is 12.5 Å². The fourth-order valence-corrected chi connectivity index (χ4v) is 5.48. The van der Waals surface area contributed by atoms with Gasteiger partial charge in [0, 0.05) is 6.04 Å². The summed E-state index contributed by atoms with van der Waals surface area (Å²) in [4.78, 5) is 0. The van der Waals surface area contributed by atoms with E-state index in [-0.39, 0.29) is 16.3 Å². The van der Waals surface area contributed by atoms with Crippen molar-refractivity contribution in [2.75, 3.05) is 0 Å². The smallest absolute Gasteiger partial charge is 0.362 e. The van der Waals surface area contributed by atoms with Crippen LogP contribution in [-0.4, -0.2) is 25.1 Å². The van der Waals surface area contributed by atoms with E-state index in [1.165, 1.54) is 0 Å². The number of rotatable bonds is 8. The Kier molecular flexibility index (Phi) is 8.88. The second-order valence-corrected chi connectivity index (χ2v) is 8.34. The van der Waals surface area contributed by atoms with E-state index in [4.69, 9.17) is 13.3 Å². The topological polar surface area (TPSA) is 27.7 Å². The van der Waals surface area contributed by atoms with Crippen molar-refractivity contribution in [3.8, 4) is 0 Å². The zero-order valence-corrected chi connectivity index (χ0v) is 13.9. The Morgan fingerprint density at radius 3 is 1.38 bits per heavy atom. The molecule has 16 heavy (non-hydrogen) atoms. The van der Waals surface area contributed by atoms with Crippen LogP contribution in [0.3, 0.4) is 0 Å². The first kappa shape index (κ1) is 17.1. The summed E-state index contributed by atoms with van der Waals surface area (Å²) in [5.41, 5.74) is -0.674. The minimum absolute atomic E-state index is 0.225. The predicted octanol–water partition coefficient (Wildman–Crippen LogP) is 3.21. The van der Waals surface area contributed by atoms with Gasteiger partial charge >= 0.3 is 8.80 Å². The van der Waals surface area contributed by atoms with Crippen molar-refractivity contribution in [1.82, 2.24) is 0 Å². The minimum Gasteiger partial charge on any atom is -0.362 e. The maximum absolute atomic E-state index is 5.76. The molecule has 0 rings (SSSR count). The first-order valence-corrected chi connectivity index (χ1v) is 8.87. The Balaban J connectivity index is 4.72. The van der Waals surface area contributed by atoms with Crippen LogP contribution in [0.4, 0.5) is 0 Å². The molecule has 0 amide bonds. The van der Waals surface area contributed by atoms with Crippen LogP contribution >= 0.6 is 37.9 Å². The summed E-state index contributed by atoms with van der Waals surface area (Å²) in [6, 6.07) is 0.744. The second-order valence-electron chi connectivity index (χ2n) is 3.58.